The van der Waals surface area contributed by atoms with Gasteiger partial charge in [-0.1, -0.05) is 72.8 Å². The molecule has 0 aliphatic carbocycles. The summed E-state index contributed by atoms with van der Waals surface area (Å²) in [7, 11) is 4.11. The van der Waals surface area contributed by atoms with Crippen LogP contribution in [0.4, 0.5) is 0 Å². The van der Waals surface area contributed by atoms with Crippen molar-refractivity contribution in [3.8, 4) is 5.75 Å². The van der Waals surface area contributed by atoms with Gasteiger partial charge in [-0.05, 0) is 60.5 Å². The van der Waals surface area contributed by atoms with Gasteiger partial charge < -0.3 is 14.7 Å². The van der Waals surface area contributed by atoms with Crippen molar-refractivity contribution in [3.05, 3.63) is 102 Å². The van der Waals surface area contributed by atoms with Gasteiger partial charge in [0.2, 0.25) is 0 Å². The quantitative estimate of drug-likeness (QED) is 0.398. The molecular formula is C26H29NO2. The summed E-state index contributed by atoms with van der Waals surface area (Å²) in [4.78, 5) is 2.12. The van der Waals surface area contributed by atoms with Crippen LogP contribution in [-0.2, 0) is 4.74 Å². The lowest BCUT2D eigenvalue weighted by Crippen LogP contribution is -2.18. The zero-order chi connectivity index (χ0) is 20.5. The van der Waals surface area contributed by atoms with Gasteiger partial charge >= 0.3 is 0 Å². The molecule has 150 valence electrons. The molecule has 3 heteroatoms. The monoisotopic (exact) mass is 387 g/mol. The third-order valence-corrected chi connectivity index (χ3v) is 4.82. The Balaban J connectivity index is 2.03. The highest BCUT2D eigenvalue weighted by atomic mass is 16.5. The Morgan fingerprint density at radius 3 is 1.86 bits per heavy atom. The van der Waals surface area contributed by atoms with Crippen LogP contribution in [0.25, 0.3) is 11.1 Å². The van der Waals surface area contributed by atoms with Gasteiger partial charge in [-0.3, -0.25) is 0 Å². The number of phenolic OH excluding ortho intramolecular Hbond substituents is 1. The molecule has 0 atom stereocenters. The molecule has 3 nitrogen and oxygen atoms in total. The van der Waals surface area contributed by atoms with Crippen molar-refractivity contribution in [2.45, 2.75) is 6.42 Å². The van der Waals surface area contributed by atoms with E-state index < -0.39 is 0 Å². The first-order valence-corrected chi connectivity index (χ1v) is 10.0. The van der Waals surface area contributed by atoms with Crippen LogP contribution in [0.3, 0.4) is 0 Å². The molecule has 0 aromatic heterocycles. The Kier molecular flexibility index (Phi) is 7.62. The van der Waals surface area contributed by atoms with Crippen molar-refractivity contribution in [3.63, 3.8) is 0 Å². The number of hydrogen-bond donors (Lipinski definition) is 1. The van der Waals surface area contributed by atoms with E-state index in [1.54, 1.807) is 12.1 Å². The van der Waals surface area contributed by atoms with Gasteiger partial charge in [0, 0.05) is 6.54 Å². The van der Waals surface area contributed by atoms with Gasteiger partial charge in [0.15, 0.2) is 0 Å². The molecule has 0 fully saturated rings. The second-order valence-electron chi connectivity index (χ2n) is 7.30. The highest BCUT2D eigenvalue weighted by Crippen LogP contribution is 2.35. The van der Waals surface area contributed by atoms with Gasteiger partial charge in [-0.25, -0.2) is 0 Å². The maximum absolute atomic E-state index is 9.77. The summed E-state index contributed by atoms with van der Waals surface area (Å²) in [5, 5.41) is 9.77. The Labute approximate surface area is 173 Å². The van der Waals surface area contributed by atoms with Gasteiger partial charge in [0.1, 0.15) is 5.75 Å². The first kappa shape index (κ1) is 20.8. The van der Waals surface area contributed by atoms with Crippen LogP contribution in [0.5, 0.6) is 5.75 Å². The molecular weight excluding hydrogens is 358 g/mol. The standard InChI is InChI=1S/C26H29NO2/c1-27(2)18-20-29-19-17-25(21-9-5-3-6-10-21)26(22-11-7-4-8-12-22)23-13-15-24(28)16-14-23/h3-16,28H,17-20H2,1-2H3. The number of hydrogen-bond acceptors (Lipinski definition) is 3. The molecule has 0 aliphatic heterocycles. The minimum absolute atomic E-state index is 0.273. The van der Waals surface area contributed by atoms with Crippen molar-refractivity contribution in [2.75, 3.05) is 33.9 Å². The van der Waals surface area contributed by atoms with E-state index in [1.807, 2.05) is 24.3 Å². The number of benzene rings is 3. The highest BCUT2D eigenvalue weighted by Gasteiger charge is 2.14. The lowest BCUT2D eigenvalue weighted by atomic mass is 9.88. The molecule has 0 unspecified atom stereocenters. The van der Waals surface area contributed by atoms with Crippen LogP contribution in [0.1, 0.15) is 23.1 Å². The van der Waals surface area contributed by atoms with E-state index in [1.165, 1.54) is 16.7 Å². The van der Waals surface area contributed by atoms with E-state index in [4.69, 9.17) is 4.74 Å². The molecule has 0 radical (unpaired) electrons. The van der Waals surface area contributed by atoms with Crippen LogP contribution in [0.15, 0.2) is 84.9 Å². The molecule has 0 saturated carbocycles. The van der Waals surface area contributed by atoms with E-state index in [0.717, 1.165) is 30.7 Å². The van der Waals surface area contributed by atoms with E-state index in [0.29, 0.717) is 6.61 Å². The van der Waals surface area contributed by atoms with Gasteiger partial charge in [-0.15, -0.1) is 0 Å². The first-order chi connectivity index (χ1) is 14.1. The molecule has 0 saturated heterocycles. The number of phenols is 1. The van der Waals surface area contributed by atoms with E-state index in [2.05, 4.69) is 67.5 Å². The lowest BCUT2D eigenvalue weighted by molar-refractivity contribution is 0.122. The molecule has 1 N–H and O–H groups in total. The van der Waals surface area contributed by atoms with Crippen molar-refractivity contribution in [1.82, 2.24) is 4.90 Å². The van der Waals surface area contributed by atoms with Crippen LogP contribution < -0.4 is 0 Å². The predicted octanol–water partition coefficient (Wildman–Crippen LogP) is 5.32. The molecule has 3 aromatic carbocycles. The normalized spacial score (nSPS) is 12.1. The third kappa shape index (κ3) is 6.05. The van der Waals surface area contributed by atoms with Crippen molar-refractivity contribution in [1.29, 1.82) is 0 Å². The first-order valence-electron chi connectivity index (χ1n) is 10.0. The van der Waals surface area contributed by atoms with Crippen molar-refractivity contribution < 1.29 is 9.84 Å². The summed E-state index contributed by atoms with van der Waals surface area (Å²) in [5.41, 5.74) is 5.85. The summed E-state index contributed by atoms with van der Waals surface area (Å²) in [6, 6.07) is 28.4. The average Bonchev–Trinajstić information content (AvgIpc) is 2.75. The molecule has 0 aliphatic rings. The summed E-state index contributed by atoms with van der Waals surface area (Å²) >= 11 is 0. The molecule has 0 amide bonds. The summed E-state index contributed by atoms with van der Waals surface area (Å²) in [6.45, 7) is 2.29. The fourth-order valence-electron chi connectivity index (χ4n) is 3.32. The maximum Gasteiger partial charge on any atom is 0.115 e. The van der Waals surface area contributed by atoms with Crippen molar-refractivity contribution in [2.24, 2.45) is 0 Å². The molecule has 29 heavy (non-hydrogen) atoms. The summed E-state index contributed by atoms with van der Waals surface area (Å²) in [5.74, 6) is 0.273. The van der Waals surface area contributed by atoms with Crippen LogP contribution >= 0.6 is 0 Å². The maximum atomic E-state index is 9.77. The SMILES string of the molecule is CN(C)CCOCCC(=C(c1ccccc1)c1ccc(O)cc1)c1ccccc1. The Morgan fingerprint density at radius 2 is 1.28 bits per heavy atom. The second-order valence-corrected chi connectivity index (χ2v) is 7.30. The minimum Gasteiger partial charge on any atom is -0.508 e. The van der Waals surface area contributed by atoms with Gasteiger partial charge in [0.25, 0.3) is 0 Å². The Hall–Kier alpha value is -2.88. The number of rotatable bonds is 9. The van der Waals surface area contributed by atoms with Gasteiger partial charge in [0.05, 0.1) is 13.2 Å². The fourth-order valence-corrected chi connectivity index (χ4v) is 3.32. The molecule has 0 bridgehead atoms. The highest BCUT2D eigenvalue weighted by molar-refractivity contribution is 5.98. The summed E-state index contributed by atoms with van der Waals surface area (Å²) in [6.07, 6.45) is 0.808. The molecule has 3 rings (SSSR count). The molecule has 0 spiro atoms. The molecule has 0 heterocycles. The zero-order valence-corrected chi connectivity index (χ0v) is 17.2. The number of ether oxygens (including phenoxy) is 1. The van der Waals surface area contributed by atoms with E-state index in [9.17, 15) is 5.11 Å². The van der Waals surface area contributed by atoms with E-state index >= 15 is 0 Å². The van der Waals surface area contributed by atoms with E-state index in [-0.39, 0.29) is 5.75 Å². The predicted molar refractivity (Wildman–Crippen MR) is 121 cm³/mol. The number of nitrogens with zero attached hydrogens (tertiary/aromatic N) is 1. The van der Waals surface area contributed by atoms with Crippen LogP contribution in [0.2, 0.25) is 0 Å². The van der Waals surface area contributed by atoms with Crippen LogP contribution in [-0.4, -0.2) is 43.9 Å². The van der Waals surface area contributed by atoms with Gasteiger partial charge in [-0.2, -0.15) is 0 Å². The number of likely N-dealkylation sites (N-methyl/N-ethyl adjacent to an activating group) is 1. The smallest absolute Gasteiger partial charge is 0.115 e. The Bertz CT molecular complexity index is 900. The second kappa shape index (κ2) is 10.6. The fraction of sp³-hybridized carbons (Fsp3) is 0.231. The number of aromatic hydroxyl groups is 1. The largest absolute Gasteiger partial charge is 0.508 e. The van der Waals surface area contributed by atoms with Crippen molar-refractivity contribution >= 4 is 11.1 Å². The zero-order valence-electron chi connectivity index (χ0n) is 17.2. The lowest BCUT2D eigenvalue weighted by Gasteiger charge is -2.18. The third-order valence-electron chi connectivity index (χ3n) is 4.82. The average molecular weight is 388 g/mol. The summed E-state index contributed by atoms with van der Waals surface area (Å²) < 4.78 is 5.92. The molecule has 3 aromatic rings. The topological polar surface area (TPSA) is 32.7 Å². The van der Waals surface area contributed by atoms with Crippen LogP contribution in [0, 0.1) is 0 Å². The Morgan fingerprint density at radius 1 is 0.724 bits per heavy atom. The minimum atomic E-state index is 0.273.